The van der Waals surface area contributed by atoms with Crippen LogP contribution in [0.4, 0.5) is 5.69 Å². The third kappa shape index (κ3) is 4.53. The van der Waals surface area contributed by atoms with Crippen molar-refractivity contribution in [2.75, 3.05) is 11.9 Å². The Morgan fingerprint density at radius 1 is 0.773 bits per heavy atom. The maximum absolute atomic E-state index is 7.45. The van der Waals surface area contributed by atoms with E-state index in [0.717, 1.165) is 6.42 Å². The van der Waals surface area contributed by atoms with Gasteiger partial charge in [-0.25, -0.2) is 0 Å². The van der Waals surface area contributed by atoms with E-state index < -0.39 is 8.07 Å². The van der Waals surface area contributed by atoms with E-state index in [9.17, 15) is 0 Å². The molecule has 2 aliphatic carbocycles. The quantitative estimate of drug-likeness (QED) is 0.148. The summed E-state index contributed by atoms with van der Waals surface area (Å²) >= 11 is 0. The molecule has 5 atom stereocenters. The Hall–Kier alpha value is -3.14. The molecule has 228 valence electrons. The lowest BCUT2D eigenvalue weighted by Gasteiger charge is -2.49. The Labute approximate surface area is 266 Å². The second-order valence-corrected chi connectivity index (χ2v) is 19.5. The molecule has 3 aliphatic rings. The van der Waals surface area contributed by atoms with Crippen molar-refractivity contribution in [3.05, 3.63) is 124 Å². The van der Waals surface area contributed by atoms with E-state index >= 15 is 0 Å². The van der Waals surface area contributed by atoms with Gasteiger partial charge in [-0.05, 0) is 84.7 Å². The van der Waals surface area contributed by atoms with Crippen LogP contribution in [0.3, 0.4) is 0 Å². The van der Waals surface area contributed by atoms with Crippen LogP contribution in [0.5, 0.6) is 0 Å². The van der Waals surface area contributed by atoms with Crippen LogP contribution in [0, 0.1) is 6.92 Å². The molecule has 0 aromatic heterocycles. The number of benzene rings is 4. The van der Waals surface area contributed by atoms with Gasteiger partial charge in [-0.3, -0.25) is 0 Å². The summed E-state index contributed by atoms with van der Waals surface area (Å²) in [6.45, 7) is 14.2. The molecule has 3 heteroatoms. The van der Waals surface area contributed by atoms with Crippen molar-refractivity contribution in [1.82, 2.24) is 0 Å². The predicted octanol–water partition coefficient (Wildman–Crippen LogP) is 10.6. The predicted molar refractivity (Wildman–Crippen MR) is 188 cm³/mol. The maximum atomic E-state index is 7.45. The van der Waals surface area contributed by atoms with Gasteiger partial charge in [0.2, 0.25) is 0 Å². The molecule has 0 bridgehead atoms. The smallest absolute Gasteiger partial charge is 0.105 e. The van der Waals surface area contributed by atoms with Crippen molar-refractivity contribution < 1.29 is 4.74 Å². The average Bonchev–Trinajstić information content (AvgIpc) is 3.62. The third-order valence-corrected chi connectivity index (χ3v) is 16.7. The molecule has 1 aliphatic heterocycles. The Morgan fingerprint density at radius 2 is 1.36 bits per heavy atom. The molecule has 4 aromatic rings. The second kappa shape index (κ2) is 11.0. The van der Waals surface area contributed by atoms with Crippen LogP contribution >= 0.6 is 0 Å². The van der Waals surface area contributed by atoms with Gasteiger partial charge < -0.3 is 9.64 Å². The minimum atomic E-state index is -2.48. The van der Waals surface area contributed by atoms with Gasteiger partial charge in [-0.2, -0.15) is 0 Å². The largest absolute Gasteiger partial charge is 0.376 e. The first-order valence-corrected chi connectivity index (χ1v) is 19.7. The monoisotopic (exact) mass is 599 g/mol. The molecule has 0 fully saturated rings. The number of anilines is 1. The molecule has 0 saturated heterocycles. The van der Waals surface area contributed by atoms with E-state index in [1.807, 2.05) is 0 Å². The SMILES string of the molecule is CCCCCC(OC(C)(C)C)[Si](C)(C1c2ccccc2-c2ccccc21)C1c2ccccc2C2C1c1cc(C)ccc1N2C. The fraction of sp³-hybridized carbons (Fsp3) is 0.415. The zero-order valence-corrected chi connectivity index (χ0v) is 28.7. The number of hydrogen-bond acceptors (Lipinski definition) is 2. The van der Waals surface area contributed by atoms with Gasteiger partial charge in [0.05, 0.1) is 17.4 Å². The minimum Gasteiger partial charge on any atom is -0.376 e. The van der Waals surface area contributed by atoms with E-state index in [-0.39, 0.29) is 11.3 Å². The summed E-state index contributed by atoms with van der Waals surface area (Å²) in [5, 5.41) is 0. The van der Waals surface area contributed by atoms with Crippen molar-refractivity contribution in [3.8, 4) is 11.1 Å². The van der Waals surface area contributed by atoms with Crippen LogP contribution < -0.4 is 4.90 Å². The molecule has 0 spiro atoms. The van der Waals surface area contributed by atoms with Crippen LogP contribution in [0.2, 0.25) is 6.55 Å². The fourth-order valence-corrected chi connectivity index (χ4v) is 15.9. The molecule has 0 N–H and O–H groups in total. The van der Waals surface area contributed by atoms with E-state index in [4.69, 9.17) is 4.74 Å². The molecule has 2 nitrogen and oxygen atoms in total. The fourth-order valence-electron chi connectivity index (χ4n) is 9.46. The molecule has 0 saturated carbocycles. The lowest BCUT2D eigenvalue weighted by atomic mass is 9.94. The number of likely N-dealkylation sites (N-methyl/N-ethyl adjacent to an activating group) is 1. The Morgan fingerprint density at radius 3 is 1.98 bits per heavy atom. The van der Waals surface area contributed by atoms with E-state index in [2.05, 4.69) is 144 Å². The molecule has 5 unspecified atom stereocenters. The number of aryl methyl sites for hydroxylation is 1. The Kier molecular flexibility index (Phi) is 7.41. The summed E-state index contributed by atoms with van der Waals surface area (Å²) in [6.07, 6.45) is 4.82. The number of ether oxygens (including phenoxy) is 1. The molecular formula is C41H49NOSi. The van der Waals surface area contributed by atoms with Gasteiger partial charge >= 0.3 is 0 Å². The molecule has 0 radical (unpaired) electrons. The van der Waals surface area contributed by atoms with Gasteiger partial charge in [0.15, 0.2) is 0 Å². The Bertz CT molecular complexity index is 1640. The molecule has 44 heavy (non-hydrogen) atoms. The summed E-state index contributed by atoms with van der Waals surface area (Å²) < 4.78 is 7.45. The highest BCUT2D eigenvalue weighted by molar-refractivity contribution is 6.83. The lowest BCUT2D eigenvalue weighted by molar-refractivity contribution is -0.0334. The van der Waals surface area contributed by atoms with Crippen LogP contribution in [0.15, 0.2) is 91.0 Å². The van der Waals surface area contributed by atoms with Crippen LogP contribution in [0.25, 0.3) is 11.1 Å². The summed E-state index contributed by atoms with van der Waals surface area (Å²) in [4.78, 5) is 2.60. The van der Waals surface area contributed by atoms with Crippen molar-refractivity contribution in [1.29, 1.82) is 0 Å². The molecule has 4 aromatic carbocycles. The number of nitrogens with zero attached hydrogens (tertiary/aromatic N) is 1. The summed E-state index contributed by atoms with van der Waals surface area (Å²) in [5.74, 6) is 0.418. The second-order valence-electron chi connectivity index (χ2n) is 14.9. The van der Waals surface area contributed by atoms with Crippen molar-refractivity contribution in [2.24, 2.45) is 0 Å². The Balaban J connectivity index is 1.53. The minimum absolute atomic E-state index is 0.217. The average molecular weight is 600 g/mol. The first kappa shape index (κ1) is 29.6. The standard InChI is InChI=1S/C41H49NOSi/c1-8-9-10-23-36(43-41(3,4)5)44(7,39-31-20-14-11-17-28(31)29-18-12-15-21-32(29)39)40-33-22-16-13-19-30(33)38-37(40)34-26-27(2)24-25-35(34)42(38)6/h11-22,24-26,36-40H,8-10,23H2,1-7H3. The summed E-state index contributed by atoms with van der Waals surface area (Å²) in [6, 6.07) is 35.7. The maximum Gasteiger partial charge on any atom is 0.105 e. The number of unbranched alkanes of at least 4 members (excludes halogenated alkanes) is 2. The van der Waals surface area contributed by atoms with Gasteiger partial charge in [0.25, 0.3) is 0 Å². The van der Waals surface area contributed by atoms with E-state index in [0.29, 0.717) is 23.0 Å². The first-order valence-electron chi connectivity index (χ1n) is 16.9. The first-order chi connectivity index (χ1) is 21.1. The van der Waals surface area contributed by atoms with Gasteiger partial charge in [-0.1, -0.05) is 123 Å². The highest BCUT2D eigenvalue weighted by atomic mass is 28.3. The third-order valence-electron chi connectivity index (χ3n) is 11.1. The number of fused-ring (bicyclic) bond motifs is 8. The van der Waals surface area contributed by atoms with Gasteiger partial charge in [-0.15, -0.1) is 0 Å². The van der Waals surface area contributed by atoms with Crippen LogP contribution in [-0.4, -0.2) is 26.4 Å². The lowest BCUT2D eigenvalue weighted by Crippen LogP contribution is -2.59. The topological polar surface area (TPSA) is 12.5 Å². The normalized spacial score (nSPS) is 22.2. The molecular weight excluding hydrogens is 551 g/mol. The number of rotatable bonds is 8. The molecule has 7 rings (SSSR count). The van der Waals surface area contributed by atoms with Gasteiger partial charge in [0, 0.05) is 24.2 Å². The van der Waals surface area contributed by atoms with Crippen molar-refractivity contribution in [3.63, 3.8) is 0 Å². The van der Waals surface area contributed by atoms with E-state index in [1.165, 1.54) is 58.3 Å². The van der Waals surface area contributed by atoms with Gasteiger partial charge in [0.1, 0.15) is 8.07 Å². The molecule has 0 amide bonds. The van der Waals surface area contributed by atoms with Crippen LogP contribution in [0.1, 0.15) is 110 Å². The molecule has 1 heterocycles. The number of hydrogen-bond donors (Lipinski definition) is 0. The summed E-state index contributed by atoms with van der Waals surface area (Å²) in [7, 11) is -0.142. The van der Waals surface area contributed by atoms with E-state index in [1.54, 1.807) is 11.1 Å². The highest BCUT2D eigenvalue weighted by Gasteiger charge is 2.62. The van der Waals surface area contributed by atoms with Crippen molar-refractivity contribution >= 4 is 13.8 Å². The highest BCUT2D eigenvalue weighted by Crippen LogP contribution is 2.66. The zero-order chi connectivity index (χ0) is 30.8. The zero-order valence-electron chi connectivity index (χ0n) is 27.7. The van der Waals surface area contributed by atoms with Crippen LogP contribution in [-0.2, 0) is 4.74 Å². The van der Waals surface area contributed by atoms with Crippen molar-refractivity contribution in [2.45, 2.75) is 101 Å². The summed E-state index contributed by atoms with van der Waals surface area (Å²) in [5.41, 5.74) is 14.1.